The van der Waals surface area contributed by atoms with Gasteiger partial charge >= 0.3 is 0 Å². The molecule has 0 radical (unpaired) electrons. The van der Waals surface area contributed by atoms with Crippen LogP contribution in [0.5, 0.6) is 0 Å². The van der Waals surface area contributed by atoms with E-state index in [-0.39, 0.29) is 5.91 Å². The number of fused-ring (bicyclic) bond motifs is 2. The van der Waals surface area contributed by atoms with E-state index in [1.165, 1.54) is 23.3 Å². The van der Waals surface area contributed by atoms with Gasteiger partial charge in [0.25, 0.3) is 5.91 Å². The van der Waals surface area contributed by atoms with Crippen LogP contribution >= 0.6 is 11.3 Å². The molecule has 3 aromatic heterocycles. The van der Waals surface area contributed by atoms with Crippen molar-refractivity contribution in [3.63, 3.8) is 0 Å². The van der Waals surface area contributed by atoms with Crippen molar-refractivity contribution in [2.75, 3.05) is 5.32 Å². The molecular formula is C21H18N4OS. The highest BCUT2D eigenvalue weighted by atomic mass is 32.1. The molecule has 0 atom stereocenters. The monoisotopic (exact) mass is 374 g/mol. The highest BCUT2D eigenvalue weighted by Crippen LogP contribution is 2.31. The predicted octanol–water partition coefficient (Wildman–Crippen LogP) is 4.59. The molecular weight excluding hydrogens is 356 g/mol. The lowest BCUT2D eigenvalue weighted by atomic mass is 9.95. The molecule has 134 valence electrons. The Morgan fingerprint density at radius 2 is 2.00 bits per heavy atom. The van der Waals surface area contributed by atoms with Crippen LogP contribution in [0.2, 0.25) is 0 Å². The van der Waals surface area contributed by atoms with Crippen molar-refractivity contribution in [3.05, 3.63) is 70.3 Å². The van der Waals surface area contributed by atoms with Crippen LogP contribution in [0.15, 0.2) is 54.3 Å². The average molecular weight is 374 g/mol. The van der Waals surface area contributed by atoms with Crippen molar-refractivity contribution >= 4 is 28.7 Å². The number of aromatic nitrogens is 3. The van der Waals surface area contributed by atoms with Gasteiger partial charge in [-0.3, -0.25) is 9.20 Å². The molecule has 1 amide bonds. The highest BCUT2D eigenvalue weighted by Gasteiger charge is 2.20. The lowest BCUT2D eigenvalue weighted by molar-refractivity contribution is 0.102. The number of thiophene rings is 1. The molecule has 1 aliphatic rings. The Bertz CT molecular complexity index is 1090. The molecule has 0 saturated heterocycles. The Balaban J connectivity index is 1.36. The summed E-state index contributed by atoms with van der Waals surface area (Å²) >= 11 is 1.72. The van der Waals surface area contributed by atoms with Gasteiger partial charge in [0.2, 0.25) is 5.78 Å². The predicted molar refractivity (Wildman–Crippen MR) is 107 cm³/mol. The van der Waals surface area contributed by atoms with E-state index < -0.39 is 0 Å². The van der Waals surface area contributed by atoms with Crippen LogP contribution in [0.4, 0.5) is 5.69 Å². The fraction of sp³-hybridized carbons (Fsp3) is 0.190. The number of amides is 1. The first kappa shape index (κ1) is 16.2. The maximum absolute atomic E-state index is 12.7. The van der Waals surface area contributed by atoms with Crippen molar-refractivity contribution in [1.29, 1.82) is 0 Å². The third-order valence-electron chi connectivity index (χ3n) is 4.98. The first-order chi connectivity index (χ1) is 13.3. The van der Waals surface area contributed by atoms with Gasteiger partial charge in [0, 0.05) is 40.1 Å². The third-order valence-corrected chi connectivity index (χ3v) is 6.07. The Kier molecular flexibility index (Phi) is 3.98. The molecule has 1 aliphatic carbocycles. The number of aryl methyl sites for hydroxylation is 1. The summed E-state index contributed by atoms with van der Waals surface area (Å²) < 4.78 is 1.89. The smallest absolute Gasteiger partial charge is 0.256 e. The largest absolute Gasteiger partial charge is 0.322 e. The maximum Gasteiger partial charge on any atom is 0.256 e. The number of carbonyl (C=O) groups excluding carboxylic acids is 1. The minimum Gasteiger partial charge on any atom is -0.322 e. The number of imidazole rings is 1. The van der Waals surface area contributed by atoms with Gasteiger partial charge in [0.1, 0.15) is 0 Å². The standard InChI is InChI=1S/C21H18N4OS/c26-20(17-13-27-19-5-2-1-4-16(17)19)23-15-8-6-14(7-9-15)18-12-25-11-3-10-22-21(25)24-18/h3,6-13H,1-2,4-5H2,(H,23,26). The first-order valence-electron chi connectivity index (χ1n) is 9.09. The molecule has 1 N–H and O–H groups in total. The van der Waals surface area contributed by atoms with Gasteiger partial charge in [0.15, 0.2) is 0 Å². The minimum atomic E-state index is -0.0147. The topological polar surface area (TPSA) is 59.3 Å². The van der Waals surface area contributed by atoms with Crippen molar-refractivity contribution in [2.24, 2.45) is 0 Å². The van der Waals surface area contributed by atoms with E-state index in [1.54, 1.807) is 17.5 Å². The minimum absolute atomic E-state index is 0.0147. The van der Waals surface area contributed by atoms with Gasteiger partial charge in [-0.1, -0.05) is 12.1 Å². The van der Waals surface area contributed by atoms with Gasteiger partial charge in [-0.2, -0.15) is 0 Å². The van der Waals surface area contributed by atoms with E-state index in [0.29, 0.717) is 5.78 Å². The Morgan fingerprint density at radius 1 is 1.15 bits per heavy atom. The Morgan fingerprint density at radius 3 is 2.85 bits per heavy atom. The summed E-state index contributed by atoms with van der Waals surface area (Å²) in [5, 5.41) is 5.03. The molecule has 0 unspecified atom stereocenters. The molecule has 0 fully saturated rings. The summed E-state index contributed by atoms with van der Waals surface area (Å²) in [4.78, 5) is 22.8. The van der Waals surface area contributed by atoms with Crippen molar-refractivity contribution in [2.45, 2.75) is 25.7 Å². The van der Waals surface area contributed by atoms with Crippen LogP contribution in [-0.2, 0) is 12.8 Å². The molecule has 4 aromatic rings. The zero-order chi connectivity index (χ0) is 18.2. The summed E-state index contributed by atoms with van der Waals surface area (Å²) in [5.74, 6) is 0.659. The van der Waals surface area contributed by atoms with E-state index in [2.05, 4.69) is 15.3 Å². The summed E-state index contributed by atoms with van der Waals surface area (Å²) in [6.45, 7) is 0. The molecule has 5 nitrogen and oxygen atoms in total. The lowest BCUT2D eigenvalue weighted by Gasteiger charge is -2.12. The van der Waals surface area contributed by atoms with Crippen LogP contribution in [0, 0.1) is 0 Å². The Labute approximate surface area is 160 Å². The fourth-order valence-corrected chi connectivity index (χ4v) is 4.70. The second kappa shape index (κ2) is 6.63. The van der Waals surface area contributed by atoms with Gasteiger partial charge in [0.05, 0.1) is 11.3 Å². The van der Waals surface area contributed by atoms with Gasteiger partial charge in [-0.15, -0.1) is 11.3 Å². The van der Waals surface area contributed by atoms with Gasteiger partial charge in [-0.25, -0.2) is 9.97 Å². The van der Waals surface area contributed by atoms with E-state index in [9.17, 15) is 4.79 Å². The Hall–Kier alpha value is -2.99. The number of carbonyl (C=O) groups is 1. The number of nitrogens with one attached hydrogen (secondary N) is 1. The number of hydrogen-bond donors (Lipinski definition) is 1. The summed E-state index contributed by atoms with van der Waals surface area (Å²) in [7, 11) is 0. The van der Waals surface area contributed by atoms with Crippen LogP contribution in [0.25, 0.3) is 17.0 Å². The van der Waals surface area contributed by atoms with E-state index in [1.807, 2.05) is 52.5 Å². The normalized spacial score (nSPS) is 13.5. The summed E-state index contributed by atoms with van der Waals surface area (Å²) in [5.41, 5.74) is 4.73. The summed E-state index contributed by atoms with van der Waals surface area (Å²) in [6.07, 6.45) is 10.1. The van der Waals surface area contributed by atoms with Crippen molar-refractivity contribution < 1.29 is 4.79 Å². The SMILES string of the molecule is O=C(Nc1ccc(-c2cn3cccnc3n2)cc1)c1csc2c1CCCC2. The highest BCUT2D eigenvalue weighted by molar-refractivity contribution is 7.10. The third kappa shape index (κ3) is 3.02. The van der Waals surface area contributed by atoms with Crippen molar-refractivity contribution in [3.8, 4) is 11.3 Å². The molecule has 27 heavy (non-hydrogen) atoms. The van der Waals surface area contributed by atoms with Crippen molar-refractivity contribution in [1.82, 2.24) is 14.4 Å². The molecule has 0 spiro atoms. The zero-order valence-corrected chi connectivity index (χ0v) is 15.5. The molecule has 0 aliphatic heterocycles. The number of nitrogens with zero attached hydrogens (tertiary/aromatic N) is 3. The zero-order valence-electron chi connectivity index (χ0n) is 14.7. The fourth-order valence-electron chi connectivity index (χ4n) is 3.58. The second-order valence-electron chi connectivity index (χ2n) is 6.74. The number of rotatable bonds is 3. The van der Waals surface area contributed by atoms with Crippen LogP contribution in [0.3, 0.4) is 0 Å². The molecule has 3 heterocycles. The van der Waals surface area contributed by atoms with E-state index >= 15 is 0 Å². The van der Waals surface area contributed by atoms with Crippen LogP contribution in [-0.4, -0.2) is 20.3 Å². The molecule has 0 saturated carbocycles. The van der Waals surface area contributed by atoms with E-state index in [4.69, 9.17) is 0 Å². The molecule has 0 bridgehead atoms. The molecule has 1 aromatic carbocycles. The molecule has 5 rings (SSSR count). The number of anilines is 1. The number of benzene rings is 1. The summed E-state index contributed by atoms with van der Waals surface area (Å²) in [6, 6.07) is 9.66. The van der Waals surface area contributed by atoms with Crippen LogP contribution < -0.4 is 5.32 Å². The molecule has 6 heteroatoms. The quantitative estimate of drug-likeness (QED) is 0.571. The van der Waals surface area contributed by atoms with Gasteiger partial charge < -0.3 is 5.32 Å². The first-order valence-corrected chi connectivity index (χ1v) is 9.97. The average Bonchev–Trinajstić information content (AvgIpc) is 3.33. The second-order valence-corrected chi connectivity index (χ2v) is 7.71. The number of hydrogen-bond acceptors (Lipinski definition) is 4. The lowest BCUT2D eigenvalue weighted by Crippen LogP contribution is -2.14. The maximum atomic E-state index is 12.7. The van der Waals surface area contributed by atoms with Crippen LogP contribution in [0.1, 0.15) is 33.6 Å². The van der Waals surface area contributed by atoms with E-state index in [0.717, 1.165) is 35.3 Å². The van der Waals surface area contributed by atoms with Gasteiger partial charge in [-0.05, 0) is 49.4 Å².